The SMILES string of the molecule is Cc1ccccc1C(=O)Cn1c(=O)cnc2ccccc21. The summed E-state index contributed by atoms with van der Waals surface area (Å²) in [6, 6.07) is 14.7. The molecule has 0 aliphatic rings. The monoisotopic (exact) mass is 278 g/mol. The van der Waals surface area contributed by atoms with Gasteiger partial charge in [-0.05, 0) is 24.6 Å². The Kier molecular flexibility index (Phi) is 3.36. The first-order valence-electron chi connectivity index (χ1n) is 6.70. The molecule has 0 radical (unpaired) electrons. The zero-order valence-electron chi connectivity index (χ0n) is 11.6. The highest BCUT2D eigenvalue weighted by Crippen LogP contribution is 2.12. The highest BCUT2D eigenvalue weighted by Gasteiger charge is 2.12. The lowest BCUT2D eigenvalue weighted by atomic mass is 10.0. The van der Waals surface area contributed by atoms with E-state index in [-0.39, 0.29) is 17.9 Å². The largest absolute Gasteiger partial charge is 0.298 e. The number of fused-ring (bicyclic) bond motifs is 1. The molecule has 4 nitrogen and oxygen atoms in total. The molecule has 4 heteroatoms. The van der Waals surface area contributed by atoms with Gasteiger partial charge in [-0.1, -0.05) is 36.4 Å². The molecule has 0 N–H and O–H groups in total. The average molecular weight is 278 g/mol. The maximum absolute atomic E-state index is 12.5. The summed E-state index contributed by atoms with van der Waals surface area (Å²) in [7, 11) is 0. The maximum Gasteiger partial charge on any atom is 0.269 e. The van der Waals surface area contributed by atoms with Crippen molar-refractivity contribution in [2.24, 2.45) is 0 Å². The third-order valence-electron chi connectivity index (χ3n) is 3.50. The number of para-hydroxylation sites is 2. The summed E-state index contributed by atoms with van der Waals surface area (Å²) in [5.41, 5.74) is 2.66. The molecular formula is C17H14N2O2. The standard InChI is InChI=1S/C17H14N2O2/c1-12-6-2-3-7-13(12)16(20)11-19-15-9-5-4-8-14(15)18-10-17(19)21/h2-10H,11H2,1H3. The number of rotatable bonds is 3. The van der Waals surface area contributed by atoms with Crippen molar-refractivity contribution < 1.29 is 4.79 Å². The molecule has 0 atom stereocenters. The van der Waals surface area contributed by atoms with Gasteiger partial charge in [0, 0.05) is 5.56 Å². The lowest BCUT2D eigenvalue weighted by Crippen LogP contribution is -2.25. The van der Waals surface area contributed by atoms with Crippen LogP contribution in [0.5, 0.6) is 0 Å². The van der Waals surface area contributed by atoms with E-state index in [2.05, 4.69) is 4.98 Å². The van der Waals surface area contributed by atoms with Gasteiger partial charge in [0.2, 0.25) is 0 Å². The smallest absolute Gasteiger partial charge is 0.269 e. The van der Waals surface area contributed by atoms with Crippen LogP contribution in [0.2, 0.25) is 0 Å². The Morgan fingerprint density at radius 1 is 1.10 bits per heavy atom. The minimum absolute atomic E-state index is 0.0206. The molecule has 1 heterocycles. The van der Waals surface area contributed by atoms with Gasteiger partial charge in [0.05, 0.1) is 23.8 Å². The average Bonchev–Trinajstić information content (AvgIpc) is 2.50. The van der Waals surface area contributed by atoms with Gasteiger partial charge in [-0.15, -0.1) is 0 Å². The second-order valence-electron chi connectivity index (χ2n) is 4.91. The summed E-state index contributed by atoms with van der Waals surface area (Å²) in [6.07, 6.45) is 1.26. The van der Waals surface area contributed by atoms with Gasteiger partial charge in [-0.25, -0.2) is 4.98 Å². The fourth-order valence-electron chi connectivity index (χ4n) is 2.39. The van der Waals surface area contributed by atoms with Crippen LogP contribution in [-0.2, 0) is 6.54 Å². The van der Waals surface area contributed by atoms with Crippen molar-refractivity contribution in [1.82, 2.24) is 9.55 Å². The van der Waals surface area contributed by atoms with E-state index in [0.717, 1.165) is 5.56 Å². The van der Waals surface area contributed by atoms with E-state index in [1.807, 2.05) is 43.3 Å². The molecule has 0 fully saturated rings. The molecule has 21 heavy (non-hydrogen) atoms. The molecular weight excluding hydrogens is 264 g/mol. The Morgan fingerprint density at radius 3 is 2.62 bits per heavy atom. The van der Waals surface area contributed by atoms with Crippen LogP contribution in [0.25, 0.3) is 11.0 Å². The number of aryl methyl sites for hydroxylation is 1. The van der Waals surface area contributed by atoms with Crippen LogP contribution >= 0.6 is 0 Å². The molecule has 0 amide bonds. The van der Waals surface area contributed by atoms with E-state index in [1.54, 1.807) is 12.1 Å². The third-order valence-corrected chi connectivity index (χ3v) is 3.50. The normalized spacial score (nSPS) is 10.7. The van der Waals surface area contributed by atoms with Gasteiger partial charge in [0.25, 0.3) is 5.56 Å². The minimum atomic E-state index is -0.268. The van der Waals surface area contributed by atoms with Crippen LogP contribution in [0.1, 0.15) is 15.9 Å². The minimum Gasteiger partial charge on any atom is -0.298 e. The number of carbonyl (C=O) groups excluding carboxylic acids is 1. The van der Waals surface area contributed by atoms with Gasteiger partial charge in [-0.2, -0.15) is 0 Å². The molecule has 0 unspecified atom stereocenters. The number of hydrogen-bond donors (Lipinski definition) is 0. The summed E-state index contributed by atoms with van der Waals surface area (Å²) in [5, 5.41) is 0. The third kappa shape index (κ3) is 2.48. The second-order valence-corrected chi connectivity index (χ2v) is 4.91. The van der Waals surface area contributed by atoms with Crippen LogP contribution in [0, 0.1) is 6.92 Å². The van der Waals surface area contributed by atoms with Crippen molar-refractivity contribution in [2.75, 3.05) is 0 Å². The summed E-state index contributed by atoms with van der Waals surface area (Å²) in [6.45, 7) is 1.91. The lowest BCUT2D eigenvalue weighted by Gasteiger charge is -2.10. The Hall–Kier alpha value is -2.75. The molecule has 3 aromatic rings. The van der Waals surface area contributed by atoms with Crippen molar-refractivity contribution in [1.29, 1.82) is 0 Å². The molecule has 1 aromatic heterocycles. The zero-order valence-corrected chi connectivity index (χ0v) is 11.6. The topological polar surface area (TPSA) is 52.0 Å². The Balaban J connectivity index is 2.06. The molecule has 0 saturated heterocycles. The van der Waals surface area contributed by atoms with Crippen molar-refractivity contribution in [2.45, 2.75) is 13.5 Å². The Morgan fingerprint density at radius 2 is 1.81 bits per heavy atom. The van der Waals surface area contributed by atoms with Crippen LogP contribution in [0.15, 0.2) is 59.5 Å². The Bertz CT molecular complexity index is 881. The molecule has 0 aliphatic heterocycles. The first kappa shape index (κ1) is 13.2. The van der Waals surface area contributed by atoms with E-state index in [9.17, 15) is 9.59 Å². The number of hydrogen-bond acceptors (Lipinski definition) is 3. The van der Waals surface area contributed by atoms with Crippen molar-refractivity contribution in [3.8, 4) is 0 Å². The number of aromatic nitrogens is 2. The molecule has 0 aliphatic carbocycles. The number of carbonyl (C=O) groups is 1. The van der Waals surface area contributed by atoms with Gasteiger partial charge in [0.1, 0.15) is 0 Å². The Labute approximate surface area is 121 Å². The van der Waals surface area contributed by atoms with Gasteiger partial charge in [-0.3, -0.25) is 14.2 Å². The molecule has 104 valence electrons. The predicted octanol–water partition coefficient (Wildman–Crippen LogP) is 2.59. The van der Waals surface area contributed by atoms with Crippen molar-refractivity contribution in [3.05, 3.63) is 76.2 Å². The van der Waals surface area contributed by atoms with Crippen molar-refractivity contribution in [3.63, 3.8) is 0 Å². The van der Waals surface area contributed by atoms with Gasteiger partial charge in [0.15, 0.2) is 5.78 Å². The first-order chi connectivity index (χ1) is 10.2. The van der Waals surface area contributed by atoms with Crippen LogP contribution in [-0.4, -0.2) is 15.3 Å². The lowest BCUT2D eigenvalue weighted by molar-refractivity contribution is 0.0971. The van der Waals surface area contributed by atoms with Gasteiger partial charge >= 0.3 is 0 Å². The maximum atomic E-state index is 12.5. The number of ketones is 1. The number of nitrogens with zero attached hydrogens (tertiary/aromatic N) is 2. The highest BCUT2D eigenvalue weighted by molar-refractivity contribution is 5.97. The molecule has 2 aromatic carbocycles. The summed E-state index contributed by atoms with van der Waals surface area (Å²) >= 11 is 0. The van der Waals surface area contributed by atoms with E-state index in [0.29, 0.717) is 16.6 Å². The molecule has 0 bridgehead atoms. The molecule has 0 spiro atoms. The van der Waals surface area contributed by atoms with Gasteiger partial charge < -0.3 is 0 Å². The van der Waals surface area contributed by atoms with E-state index in [1.165, 1.54) is 10.8 Å². The summed E-state index contributed by atoms with van der Waals surface area (Å²) < 4.78 is 1.47. The number of benzene rings is 2. The first-order valence-corrected chi connectivity index (χ1v) is 6.70. The van der Waals surface area contributed by atoms with Crippen LogP contribution in [0.4, 0.5) is 0 Å². The van der Waals surface area contributed by atoms with E-state index >= 15 is 0 Å². The van der Waals surface area contributed by atoms with Crippen LogP contribution in [0.3, 0.4) is 0 Å². The quantitative estimate of drug-likeness (QED) is 0.692. The predicted molar refractivity (Wildman–Crippen MR) is 81.5 cm³/mol. The summed E-state index contributed by atoms with van der Waals surface area (Å²) in [4.78, 5) is 28.6. The van der Waals surface area contributed by atoms with Crippen molar-refractivity contribution >= 4 is 16.8 Å². The molecule has 3 rings (SSSR count). The van der Waals surface area contributed by atoms with E-state index in [4.69, 9.17) is 0 Å². The van der Waals surface area contributed by atoms with E-state index < -0.39 is 0 Å². The number of Topliss-reactive ketones (excluding diaryl/α,β-unsaturated/α-hetero) is 1. The fourth-order valence-corrected chi connectivity index (χ4v) is 2.39. The zero-order chi connectivity index (χ0) is 14.8. The summed E-state index contributed by atoms with van der Waals surface area (Å²) in [5.74, 6) is -0.0773. The fraction of sp³-hybridized carbons (Fsp3) is 0.118. The highest BCUT2D eigenvalue weighted by atomic mass is 16.1. The molecule has 0 saturated carbocycles. The van der Waals surface area contributed by atoms with Crippen LogP contribution < -0.4 is 5.56 Å². The second kappa shape index (κ2) is 5.32.